The Balaban J connectivity index is 1.85. The van der Waals surface area contributed by atoms with Gasteiger partial charge in [0.1, 0.15) is 0 Å². The molecule has 1 amide bonds. The summed E-state index contributed by atoms with van der Waals surface area (Å²) < 4.78 is 0.924. The molecule has 2 rings (SSSR count). The minimum atomic E-state index is -0.0352. The molecule has 1 saturated carbocycles. The lowest BCUT2D eigenvalue weighted by molar-refractivity contribution is -0.132. The van der Waals surface area contributed by atoms with Crippen molar-refractivity contribution in [3.05, 3.63) is 34.3 Å². The maximum Gasteiger partial charge on any atom is 0.223 e. The van der Waals surface area contributed by atoms with E-state index in [2.05, 4.69) is 15.9 Å². The third-order valence-electron chi connectivity index (χ3n) is 3.38. The van der Waals surface area contributed by atoms with E-state index in [1.807, 2.05) is 12.1 Å². The van der Waals surface area contributed by atoms with Crippen molar-refractivity contribution >= 4 is 27.6 Å². The standard InChI is InChI=1S/C15H18BrNO3/c16-12-3-1-11(2-4-12)14(19)7-8-15(20)17(9-10-18)13-5-6-13/h1-4,13,18H,5-10H2. The maximum atomic E-state index is 12.1. The highest BCUT2D eigenvalue weighted by atomic mass is 79.9. The molecule has 0 aromatic heterocycles. The van der Waals surface area contributed by atoms with Crippen LogP contribution in [0.4, 0.5) is 0 Å². The second-order valence-electron chi connectivity index (χ2n) is 4.97. The molecular weight excluding hydrogens is 322 g/mol. The number of aliphatic hydroxyl groups excluding tert-OH is 1. The zero-order valence-corrected chi connectivity index (χ0v) is 12.8. The molecular formula is C15H18BrNO3. The molecule has 1 aliphatic rings. The number of hydrogen-bond donors (Lipinski definition) is 1. The van der Waals surface area contributed by atoms with Gasteiger partial charge in [-0.1, -0.05) is 28.1 Å². The van der Waals surface area contributed by atoms with Crippen molar-refractivity contribution in [3.63, 3.8) is 0 Å². The molecule has 4 nitrogen and oxygen atoms in total. The zero-order chi connectivity index (χ0) is 14.5. The van der Waals surface area contributed by atoms with Crippen molar-refractivity contribution in [1.29, 1.82) is 0 Å². The number of ketones is 1. The van der Waals surface area contributed by atoms with E-state index in [0.717, 1.165) is 17.3 Å². The first kappa shape index (κ1) is 15.2. The highest BCUT2D eigenvalue weighted by Crippen LogP contribution is 2.27. The number of halogens is 1. The van der Waals surface area contributed by atoms with Crippen LogP contribution in [0, 0.1) is 0 Å². The van der Waals surface area contributed by atoms with Crippen LogP contribution in [-0.2, 0) is 4.79 Å². The van der Waals surface area contributed by atoms with Crippen LogP contribution in [0.1, 0.15) is 36.0 Å². The Labute approximate surface area is 126 Å². The quantitative estimate of drug-likeness (QED) is 0.776. The van der Waals surface area contributed by atoms with Gasteiger partial charge < -0.3 is 10.0 Å². The van der Waals surface area contributed by atoms with Crippen LogP contribution in [-0.4, -0.2) is 40.9 Å². The van der Waals surface area contributed by atoms with Crippen LogP contribution in [0.15, 0.2) is 28.7 Å². The molecule has 5 heteroatoms. The van der Waals surface area contributed by atoms with Gasteiger partial charge in [0.25, 0.3) is 0 Å². The van der Waals surface area contributed by atoms with E-state index >= 15 is 0 Å². The molecule has 20 heavy (non-hydrogen) atoms. The second kappa shape index (κ2) is 6.99. The summed E-state index contributed by atoms with van der Waals surface area (Å²) in [7, 11) is 0. The predicted octanol–water partition coefficient (Wildman–Crippen LogP) is 2.40. The second-order valence-corrected chi connectivity index (χ2v) is 5.89. The predicted molar refractivity (Wildman–Crippen MR) is 79.5 cm³/mol. The number of carbonyl (C=O) groups excluding carboxylic acids is 2. The van der Waals surface area contributed by atoms with E-state index in [4.69, 9.17) is 5.11 Å². The summed E-state index contributed by atoms with van der Waals surface area (Å²) in [5.74, 6) is -0.0578. The fraction of sp³-hybridized carbons (Fsp3) is 0.467. The maximum absolute atomic E-state index is 12.1. The Morgan fingerprint density at radius 2 is 1.85 bits per heavy atom. The minimum Gasteiger partial charge on any atom is -0.395 e. The van der Waals surface area contributed by atoms with Crippen LogP contribution < -0.4 is 0 Å². The largest absolute Gasteiger partial charge is 0.395 e. The van der Waals surface area contributed by atoms with Gasteiger partial charge in [0.05, 0.1) is 6.61 Å². The lowest BCUT2D eigenvalue weighted by Crippen LogP contribution is -2.35. The van der Waals surface area contributed by atoms with Crippen molar-refractivity contribution in [2.45, 2.75) is 31.7 Å². The Kier molecular flexibility index (Phi) is 5.31. The molecule has 0 unspecified atom stereocenters. The van der Waals surface area contributed by atoms with Crippen molar-refractivity contribution in [2.75, 3.05) is 13.2 Å². The van der Waals surface area contributed by atoms with Crippen molar-refractivity contribution in [3.8, 4) is 0 Å². The van der Waals surface area contributed by atoms with E-state index < -0.39 is 0 Å². The van der Waals surface area contributed by atoms with E-state index in [9.17, 15) is 9.59 Å². The number of aliphatic hydroxyl groups is 1. The first-order valence-corrected chi connectivity index (χ1v) is 7.60. The molecule has 1 aromatic carbocycles. The average molecular weight is 340 g/mol. The van der Waals surface area contributed by atoms with E-state index in [1.54, 1.807) is 17.0 Å². The molecule has 0 heterocycles. The third kappa shape index (κ3) is 4.15. The minimum absolute atomic E-state index is 0.0226. The molecule has 1 aromatic rings. The summed E-state index contributed by atoms with van der Waals surface area (Å²) >= 11 is 3.32. The summed E-state index contributed by atoms with van der Waals surface area (Å²) in [5, 5.41) is 8.98. The number of nitrogens with zero attached hydrogens (tertiary/aromatic N) is 1. The number of carbonyl (C=O) groups is 2. The molecule has 0 radical (unpaired) electrons. The molecule has 0 spiro atoms. The zero-order valence-electron chi connectivity index (χ0n) is 11.2. The highest BCUT2D eigenvalue weighted by Gasteiger charge is 2.31. The lowest BCUT2D eigenvalue weighted by atomic mass is 10.1. The van der Waals surface area contributed by atoms with Crippen LogP contribution in [0.3, 0.4) is 0 Å². The molecule has 0 atom stereocenters. The molecule has 1 aliphatic carbocycles. The van der Waals surface area contributed by atoms with Gasteiger partial charge in [0.15, 0.2) is 5.78 Å². The summed E-state index contributed by atoms with van der Waals surface area (Å²) in [6, 6.07) is 7.42. The van der Waals surface area contributed by atoms with Crippen molar-refractivity contribution in [1.82, 2.24) is 4.90 Å². The number of rotatable bonds is 7. The molecule has 0 saturated heterocycles. The SMILES string of the molecule is O=C(CCC(=O)N(CCO)C1CC1)c1ccc(Br)cc1. The summed E-state index contributed by atoms with van der Waals surface area (Å²) in [5.41, 5.74) is 0.626. The van der Waals surface area contributed by atoms with Crippen LogP contribution >= 0.6 is 15.9 Å². The van der Waals surface area contributed by atoms with Gasteiger partial charge in [-0.05, 0) is 25.0 Å². The topological polar surface area (TPSA) is 57.6 Å². The smallest absolute Gasteiger partial charge is 0.223 e. The Morgan fingerprint density at radius 3 is 2.40 bits per heavy atom. The van der Waals surface area contributed by atoms with Gasteiger partial charge in [0, 0.05) is 35.5 Å². The Morgan fingerprint density at radius 1 is 1.20 bits per heavy atom. The Bertz CT molecular complexity index is 482. The fourth-order valence-electron chi connectivity index (χ4n) is 2.15. The van der Waals surface area contributed by atoms with Crippen LogP contribution in [0.5, 0.6) is 0 Å². The summed E-state index contributed by atoms with van der Waals surface area (Å²) in [6.07, 6.45) is 2.44. The number of amides is 1. The fourth-order valence-corrected chi connectivity index (χ4v) is 2.41. The third-order valence-corrected chi connectivity index (χ3v) is 3.91. The van der Waals surface area contributed by atoms with Gasteiger partial charge >= 0.3 is 0 Å². The van der Waals surface area contributed by atoms with E-state index in [1.165, 1.54) is 0 Å². The first-order valence-electron chi connectivity index (χ1n) is 6.81. The molecule has 1 fully saturated rings. The molecule has 0 bridgehead atoms. The van der Waals surface area contributed by atoms with Crippen LogP contribution in [0.25, 0.3) is 0 Å². The van der Waals surface area contributed by atoms with Crippen molar-refractivity contribution in [2.24, 2.45) is 0 Å². The number of hydrogen-bond acceptors (Lipinski definition) is 3. The number of Topliss-reactive ketones (excluding diaryl/α,β-unsaturated/α-hetero) is 1. The van der Waals surface area contributed by atoms with Crippen molar-refractivity contribution < 1.29 is 14.7 Å². The number of benzene rings is 1. The molecule has 1 N–H and O–H groups in total. The Hall–Kier alpha value is -1.20. The van der Waals surface area contributed by atoms with E-state index in [0.29, 0.717) is 12.1 Å². The summed E-state index contributed by atoms with van der Waals surface area (Å²) in [6.45, 7) is 0.346. The normalized spacial score (nSPS) is 14.1. The van der Waals surface area contributed by atoms with Crippen LogP contribution in [0.2, 0.25) is 0 Å². The van der Waals surface area contributed by atoms with Gasteiger partial charge in [-0.2, -0.15) is 0 Å². The molecule has 108 valence electrons. The first-order chi connectivity index (χ1) is 9.61. The van der Waals surface area contributed by atoms with Gasteiger partial charge in [-0.3, -0.25) is 9.59 Å². The summed E-state index contributed by atoms with van der Waals surface area (Å²) in [4.78, 5) is 25.8. The van der Waals surface area contributed by atoms with E-state index in [-0.39, 0.29) is 37.2 Å². The molecule has 0 aliphatic heterocycles. The van der Waals surface area contributed by atoms with Gasteiger partial charge in [-0.15, -0.1) is 0 Å². The average Bonchev–Trinajstić information content (AvgIpc) is 3.27. The van der Waals surface area contributed by atoms with Gasteiger partial charge in [-0.25, -0.2) is 0 Å². The highest BCUT2D eigenvalue weighted by molar-refractivity contribution is 9.10. The monoisotopic (exact) mass is 339 g/mol. The van der Waals surface area contributed by atoms with Gasteiger partial charge in [0.2, 0.25) is 5.91 Å². The lowest BCUT2D eigenvalue weighted by Gasteiger charge is -2.21.